The molecule has 3 rings (SSSR count). The van der Waals surface area contributed by atoms with Gasteiger partial charge < -0.3 is 20.2 Å². The lowest BCUT2D eigenvalue weighted by atomic mass is 9.89. The van der Waals surface area contributed by atoms with Crippen molar-refractivity contribution in [3.63, 3.8) is 0 Å². The van der Waals surface area contributed by atoms with Gasteiger partial charge in [-0.25, -0.2) is 4.79 Å². The molecule has 0 aromatic carbocycles. The maximum Gasteiger partial charge on any atom is 0.317 e. The number of hydrogen-bond donors (Lipinski definition) is 2. The van der Waals surface area contributed by atoms with E-state index < -0.39 is 0 Å². The van der Waals surface area contributed by atoms with Crippen molar-refractivity contribution in [1.82, 2.24) is 15.1 Å². The van der Waals surface area contributed by atoms with Crippen LogP contribution in [0.2, 0.25) is 0 Å². The number of piperidine rings is 1. The van der Waals surface area contributed by atoms with Gasteiger partial charge in [0.05, 0.1) is 0 Å². The summed E-state index contributed by atoms with van der Waals surface area (Å²) < 4.78 is 0. The molecule has 0 aromatic rings. The lowest BCUT2D eigenvalue weighted by Gasteiger charge is -2.39. The number of aliphatic hydroxyl groups is 1. The second-order valence-electron chi connectivity index (χ2n) is 8.25. The zero-order valence-electron chi connectivity index (χ0n) is 15.1. The highest BCUT2D eigenvalue weighted by atomic mass is 16.3. The van der Waals surface area contributed by atoms with Crippen molar-refractivity contribution in [2.45, 2.75) is 51.4 Å². The molecule has 5 nitrogen and oxygen atoms in total. The fraction of sp³-hybridized carbons (Fsp3) is 0.947. The summed E-state index contributed by atoms with van der Waals surface area (Å²) in [6.45, 7) is 6.08. The SMILES string of the molecule is O=C(NCC1CCCCC1)N1C[C@H](CO)C[C@@H](CN2CCCC2)C1. The molecule has 1 aliphatic carbocycles. The van der Waals surface area contributed by atoms with E-state index in [4.69, 9.17) is 0 Å². The van der Waals surface area contributed by atoms with Crippen molar-refractivity contribution in [3.8, 4) is 0 Å². The van der Waals surface area contributed by atoms with Gasteiger partial charge in [-0.1, -0.05) is 19.3 Å². The Kier molecular flexibility index (Phi) is 6.78. The predicted octanol–water partition coefficient (Wildman–Crippen LogP) is 2.30. The molecule has 138 valence electrons. The average Bonchev–Trinajstić information content (AvgIpc) is 3.13. The molecule has 0 bridgehead atoms. The molecule has 0 aromatic heterocycles. The molecule has 24 heavy (non-hydrogen) atoms. The first-order chi connectivity index (χ1) is 11.7. The Morgan fingerprint density at radius 2 is 1.67 bits per heavy atom. The minimum absolute atomic E-state index is 0.0881. The van der Waals surface area contributed by atoms with E-state index in [1.165, 1.54) is 58.0 Å². The first-order valence-corrected chi connectivity index (χ1v) is 10.1. The summed E-state index contributed by atoms with van der Waals surface area (Å²) >= 11 is 0. The van der Waals surface area contributed by atoms with Crippen LogP contribution >= 0.6 is 0 Å². The predicted molar refractivity (Wildman–Crippen MR) is 95.9 cm³/mol. The van der Waals surface area contributed by atoms with Crippen molar-refractivity contribution in [2.75, 3.05) is 45.9 Å². The molecule has 3 aliphatic rings. The molecule has 2 atom stereocenters. The number of aliphatic hydroxyl groups excluding tert-OH is 1. The highest BCUT2D eigenvalue weighted by Crippen LogP contribution is 2.25. The summed E-state index contributed by atoms with van der Waals surface area (Å²) in [5, 5.41) is 12.8. The number of rotatable bonds is 5. The molecule has 0 radical (unpaired) electrons. The number of urea groups is 1. The molecule has 2 aliphatic heterocycles. The normalized spacial score (nSPS) is 29.8. The van der Waals surface area contributed by atoms with Gasteiger partial charge in [0.2, 0.25) is 0 Å². The number of amides is 2. The third-order valence-corrected chi connectivity index (χ3v) is 6.15. The first kappa shape index (κ1) is 18.0. The number of nitrogens with zero attached hydrogens (tertiary/aromatic N) is 2. The van der Waals surface area contributed by atoms with E-state index in [-0.39, 0.29) is 18.6 Å². The molecule has 3 fully saturated rings. The van der Waals surface area contributed by atoms with E-state index in [2.05, 4.69) is 10.2 Å². The summed E-state index contributed by atoms with van der Waals surface area (Å²) in [6, 6.07) is 0.0881. The minimum Gasteiger partial charge on any atom is -0.396 e. The molecule has 0 spiro atoms. The van der Waals surface area contributed by atoms with E-state index in [1.807, 2.05) is 4.90 Å². The van der Waals surface area contributed by atoms with Crippen LogP contribution in [0.5, 0.6) is 0 Å². The van der Waals surface area contributed by atoms with Gasteiger partial charge in [0.25, 0.3) is 0 Å². The van der Waals surface area contributed by atoms with Crippen molar-refractivity contribution >= 4 is 6.03 Å². The van der Waals surface area contributed by atoms with Crippen LogP contribution in [0.15, 0.2) is 0 Å². The van der Waals surface area contributed by atoms with Gasteiger partial charge in [-0.15, -0.1) is 0 Å². The summed E-state index contributed by atoms with van der Waals surface area (Å²) in [5.74, 6) is 1.42. The number of hydrogen-bond acceptors (Lipinski definition) is 3. The van der Waals surface area contributed by atoms with Crippen molar-refractivity contribution in [2.24, 2.45) is 17.8 Å². The first-order valence-electron chi connectivity index (χ1n) is 10.1. The standard InChI is InChI=1S/C19H35N3O2/c23-15-18-10-17(12-21-8-4-5-9-21)13-22(14-18)19(24)20-11-16-6-2-1-3-7-16/h16-18,23H,1-15H2,(H,20,24)/t17-,18+/m0/s1. The molecule has 2 amide bonds. The minimum atomic E-state index is 0.0881. The summed E-state index contributed by atoms with van der Waals surface area (Å²) in [4.78, 5) is 17.1. The van der Waals surface area contributed by atoms with Crippen LogP contribution in [0.3, 0.4) is 0 Å². The number of carbonyl (C=O) groups excluding carboxylic acids is 1. The second kappa shape index (κ2) is 9.04. The Bertz CT molecular complexity index is 392. The second-order valence-corrected chi connectivity index (χ2v) is 8.25. The van der Waals surface area contributed by atoms with Crippen LogP contribution in [0, 0.1) is 17.8 Å². The van der Waals surface area contributed by atoms with Gasteiger partial charge in [0, 0.05) is 38.7 Å². The molecule has 2 N–H and O–H groups in total. The molecule has 0 unspecified atom stereocenters. The summed E-state index contributed by atoms with van der Waals surface area (Å²) in [7, 11) is 0. The fourth-order valence-corrected chi connectivity index (χ4v) is 4.81. The van der Waals surface area contributed by atoms with Crippen LogP contribution in [-0.2, 0) is 0 Å². The van der Waals surface area contributed by atoms with Crippen molar-refractivity contribution < 1.29 is 9.90 Å². The topological polar surface area (TPSA) is 55.8 Å². The summed E-state index contributed by atoms with van der Waals surface area (Å²) in [6.07, 6.45) is 10.2. The average molecular weight is 338 g/mol. The Balaban J connectivity index is 1.47. The van der Waals surface area contributed by atoms with Gasteiger partial charge in [0.1, 0.15) is 0 Å². The maximum absolute atomic E-state index is 12.6. The van der Waals surface area contributed by atoms with Crippen molar-refractivity contribution in [3.05, 3.63) is 0 Å². The molecular formula is C19H35N3O2. The smallest absolute Gasteiger partial charge is 0.317 e. The monoisotopic (exact) mass is 337 g/mol. The van der Waals surface area contributed by atoms with Crippen LogP contribution in [-0.4, -0.2) is 66.8 Å². The molecule has 1 saturated carbocycles. The van der Waals surface area contributed by atoms with Gasteiger partial charge in [-0.05, 0) is 57.0 Å². The number of carbonyl (C=O) groups is 1. The number of nitrogens with one attached hydrogen (secondary N) is 1. The van der Waals surface area contributed by atoms with E-state index in [9.17, 15) is 9.90 Å². The van der Waals surface area contributed by atoms with Crippen molar-refractivity contribution in [1.29, 1.82) is 0 Å². The Morgan fingerprint density at radius 1 is 0.958 bits per heavy atom. The van der Waals surface area contributed by atoms with Crippen LogP contribution in [0.25, 0.3) is 0 Å². The zero-order valence-corrected chi connectivity index (χ0v) is 15.1. The van der Waals surface area contributed by atoms with E-state index in [1.54, 1.807) is 0 Å². The zero-order chi connectivity index (χ0) is 16.8. The number of likely N-dealkylation sites (tertiary alicyclic amines) is 2. The molecule has 2 heterocycles. The maximum atomic E-state index is 12.6. The highest BCUT2D eigenvalue weighted by Gasteiger charge is 2.31. The van der Waals surface area contributed by atoms with Crippen LogP contribution < -0.4 is 5.32 Å². The molecular weight excluding hydrogens is 302 g/mol. The fourth-order valence-electron chi connectivity index (χ4n) is 4.81. The van der Waals surface area contributed by atoms with E-state index in [0.717, 1.165) is 26.1 Å². The van der Waals surface area contributed by atoms with E-state index in [0.29, 0.717) is 18.4 Å². The largest absolute Gasteiger partial charge is 0.396 e. The lowest BCUT2D eigenvalue weighted by molar-refractivity contribution is 0.0851. The highest BCUT2D eigenvalue weighted by molar-refractivity contribution is 5.74. The molecule has 2 saturated heterocycles. The molecule has 5 heteroatoms. The Morgan fingerprint density at radius 3 is 2.38 bits per heavy atom. The Hall–Kier alpha value is -0.810. The van der Waals surface area contributed by atoms with E-state index >= 15 is 0 Å². The van der Waals surface area contributed by atoms with Crippen LogP contribution in [0.1, 0.15) is 51.4 Å². The van der Waals surface area contributed by atoms with Gasteiger partial charge in [-0.3, -0.25) is 0 Å². The quantitative estimate of drug-likeness (QED) is 0.809. The van der Waals surface area contributed by atoms with Gasteiger partial charge in [0.15, 0.2) is 0 Å². The van der Waals surface area contributed by atoms with Gasteiger partial charge in [-0.2, -0.15) is 0 Å². The Labute approximate surface area is 146 Å². The third-order valence-electron chi connectivity index (χ3n) is 6.15. The van der Waals surface area contributed by atoms with Crippen LogP contribution in [0.4, 0.5) is 4.79 Å². The summed E-state index contributed by atoms with van der Waals surface area (Å²) in [5.41, 5.74) is 0. The van der Waals surface area contributed by atoms with Gasteiger partial charge >= 0.3 is 6.03 Å². The third kappa shape index (κ3) is 5.09. The lowest BCUT2D eigenvalue weighted by Crippen LogP contribution is -2.51.